The third kappa shape index (κ3) is 3.68. The van der Waals surface area contributed by atoms with Crippen LogP contribution >= 0.6 is 0 Å². The van der Waals surface area contributed by atoms with Gasteiger partial charge in [0.25, 0.3) is 5.91 Å². The standard InChI is InChI=1S/C20H20FN3O5/c1-22-18(25)8-13-9-28-17-7-12(21)3-4-15(17)24(13)20(27)11-2-5-16-14(6-11)23-19(26)10-29-16/h2-7,13,20,27H,8-10H2,1H3,(H,22,25)(H,23,26)/t13-,20?/m0/s1. The molecular weight excluding hydrogens is 381 g/mol. The highest BCUT2D eigenvalue weighted by atomic mass is 19.1. The van der Waals surface area contributed by atoms with Crippen LogP contribution in [0.15, 0.2) is 36.4 Å². The van der Waals surface area contributed by atoms with Gasteiger partial charge >= 0.3 is 0 Å². The summed E-state index contributed by atoms with van der Waals surface area (Å²) >= 11 is 0. The summed E-state index contributed by atoms with van der Waals surface area (Å²) in [5, 5.41) is 16.4. The molecule has 2 aromatic rings. The number of hydrogen-bond donors (Lipinski definition) is 3. The van der Waals surface area contributed by atoms with E-state index in [2.05, 4.69) is 10.6 Å². The first-order valence-electron chi connectivity index (χ1n) is 9.12. The minimum atomic E-state index is -1.16. The Balaban J connectivity index is 1.71. The molecule has 0 fully saturated rings. The second-order valence-electron chi connectivity index (χ2n) is 6.83. The first kappa shape index (κ1) is 19.0. The number of aliphatic hydroxyl groups is 1. The normalized spacial score (nSPS) is 18.5. The smallest absolute Gasteiger partial charge is 0.262 e. The maximum absolute atomic E-state index is 13.7. The minimum Gasteiger partial charge on any atom is -0.489 e. The maximum atomic E-state index is 13.7. The topological polar surface area (TPSA) is 100 Å². The lowest BCUT2D eigenvalue weighted by Crippen LogP contribution is -2.47. The zero-order valence-electron chi connectivity index (χ0n) is 15.6. The number of amides is 2. The van der Waals surface area contributed by atoms with Crippen molar-refractivity contribution in [3.05, 3.63) is 47.8 Å². The molecule has 152 valence electrons. The number of halogens is 1. The number of carbonyl (C=O) groups excluding carboxylic acids is 2. The Morgan fingerprint density at radius 3 is 2.93 bits per heavy atom. The van der Waals surface area contributed by atoms with Gasteiger partial charge in [-0.1, -0.05) is 6.07 Å². The van der Waals surface area contributed by atoms with E-state index >= 15 is 0 Å². The molecule has 2 aliphatic rings. The van der Waals surface area contributed by atoms with Crippen LogP contribution in [0.1, 0.15) is 18.2 Å². The molecule has 0 saturated carbocycles. The molecule has 2 atom stereocenters. The number of carbonyl (C=O) groups is 2. The first-order chi connectivity index (χ1) is 14.0. The fourth-order valence-electron chi connectivity index (χ4n) is 3.51. The summed E-state index contributed by atoms with van der Waals surface area (Å²) < 4.78 is 24.6. The summed E-state index contributed by atoms with van der Waals surface area (Å²) in [6, 6.07) is 8.49. The maximum Gasteiger partial charge on any atom is 0.262 e. The van der Waals surface area contributed by atoms with Crippen LogP contribution in [0.25, 0.3) is 0 Å². The van der Waals surface area contributed by atoms with Crippen LogP contribution in [0.4, 0.5) is 15.8 Å². The van der Waals surface area contributed by atoms with Gasteiger partial charge in [0.15, 0.2) is 12.8 Å². The van der Waals surface area contributed by atoms with Gasteiger partial charge in [0, 0.05) is 18.7 Å². The first-order valence-corrected chi connectivity index (χ1v) is 9.12. The number of benzene rings is 2. The van der Waals surface area contributed by atoms with E-state index in [1.165, 1.54) is 25.2 Å². The Hall–Kier alpha value is -3.33. The van der Waals surface area contributed by atoms with Gasteiger partial charge in [-0.3, -0.25) is 9.59 Å². The molecule has 4 rings (SSSR count). The van der Waals surface area contributed by atoms with Gasteiger partial charge in [0.2, 0.25) is 5.91 Å². The molecule has 2 amide bonds. The predicted octanol–water partition coefficient (Wildman–Crippen LogP) is 1.55. The number of ether oxygens (including phenoxy) is 2. The molecule has 0 bridgehead atoms. The third-order valence-electron chi connectivity index (χ3n) is 4.92. The Bertz CT molecular complexity index is 967. The van der Waals surface area contributed by atoms with Crippen LogP contribution in [0, 0.1) is 5.82 Å². The molecular formula is C20H20FN3O5. The molecule has 29 heavy (non-hydrogen) atoms. The molecule has 0 aliphatic carbocycles. The highest BCUT2D eigenvalue weighted by Gasteiger charge is 2.35. The largest absolute Gasteiger partial charge is 0.489 e. The van der Waals surface area contributed by atoms with Crippen molar-refractivity contribution < 1.29 is 28.6 Å². The molecule has 2 aromatic carbocycles. The summed E-state index contributed by atoms with van der Waals surface area (Å²) in [5.74, 6) is -0.170. The van der Waals surface area contributed by atoms with E-state index < -0.39 is 18.1 Å². The number of rotatable bonds is 4. The SMILES string of the molecule is CNC(=O)C[C@H]1COc2cc(F)ccc2N1C(O)c1ccc2c(c1)NC(=O)CO2. The summed E-state index contributed by atoms with van der Waals surface area (Å²) in [6.07, 6.45) is -1.09. The number of aliphatic hydroxyl groups excluding tert-OH is 1. The summed E-state index contributed by atoms with van der Waals surface area (Å²) in [4.78, 5) is 25.2. The van der Waals surface area contributed by atoms with E-state index in [4.69, 9.17) is 9.47 Å². The van der Waals surface area contributed by atoms with Crippen LogP contribution in [0.5, 0.6) is 11.5 Å². The van der Waals surface area contributed by atoms with Crippen LogP contribution in [-0.4, -0.2) is 43.2 Å². The Kier molecular flexibility index (Phi) is 4.98. The average Bonchev–Trinajstić information content (AvgIpc) is 2.72. The van der Waals surface area contributed by atoms with Gasteiger partial charge in [0.1, 0.15) is 23.9 Å². The van der Waals surface area contributed by atoms with E-state index in [9.17, 15) is 19.1 Å². The van der Waals surface area contributed by atoms with Crippen molar-refractivity contribution in [1.29, 1.82) is 0 Å². The van der Waals surface area contributed by atoms with Crippen molar-refractivity contribution in [2.45, 2.75) is 18.7 Å². The lowest BCUT2D eigenvalue weighted by Gasteiger charge is -2.41. The Morgan fingerprint density at radius 2 is 2.14 bits per heavy atom. The van der Waals surface area contributed by atoms with E-state index in [0.717, 1.165) is 0 Å². The minimum absolute atomic E-state index is 0.0640. The van der Waals surface area contributed by atoms with Gasteiger partial charge in [-0.25, -0.2) is 4.39 Å². The highest BCUT2D eigenvalue weighted by Crippen LogP contribution is 2.41. The lowest BCUT2D eigenvalue weighted by atomic mass is 10.0. The van der Waals surface area contributed by atoms with Crippen molar-refractivity contribution in [2.75, 3.05) is 30.5 Å². The van der Waals surface area contributed by atoms with Gasteiger partial charge in [-0.2, -0.15) is 0 Å². The summed E-state index contributed by atoms with van der Waals surface area (Å²) in [5.41, 5.74) is 1.40. The van der Waals surface area contributed by atoms with Gasteiger partial charge < -0.3 is 30.1 Å². The average molecular weight is 401 g/mol. The zero-order chi connectivity index (χ0) is 20.5. The molecule has 0 aromatic heterocycles. The van der Waals surface area contributed by atoms with Crippen molar-refractivity contribution in [1.82, 2.24) is 5.32 Å². The zero-order valence-corrected chi connectivity index (χ0v) is 15.6. The van der Waals surface area contributed by atoms with Crippen LogP contribution in [-0.2, 0) is 9.59 Å². The molecule has 2 aliphatic heterocycles. The van der Waals surface area contributed by atoms with Crippen molar-refractivity contribution in [3.8, 4) is 11.5 Å². The number of nitrogens with zero attached hydrogens (tertiary/aromatic N) is 1. The number of nitrogens with one attached hydrogen (secondary N) is 2. The van der Waals surface area contributed by atoms with Gasteiger partial charge in [0.05, 0.1) is 23.8 Å². The molecule has 0 radical (unpaired) electrons. The molecule has 1 unspecified atom stereocenters. The van der Waals surface area contributed by atoms with Gasteiger partial charge in [-0.05, 0) is 24.3 Å². The van der Waals surface area contributed by atoms with Crippen LogP contribution < -0.4 is 25.0 Å². The summed E-state index contributed by atoms with van der Waals surface area (Å²) in [6.45, 7) is 0.0389. The highest BCUT2D eigenvalue weighted by molar-refractivity contribution is 5.95. The van der Waals surface area contributed by atoms with Crippen LogP contribution in [0.3, 0.4) is 0 Å². The van der Waals surface area contributed by atoms with Crippen molar-refractivity contribution >= 4 is 23.2 Å². The second kappa shape index (κ2) is 7.59. The fraction of sp³-hybridized carbons (Fsp3) is 0.300. The number of anilines is 2. The van der Waals surface area contributed by atoms with Crippen molar-refractivity contribution in [2.24, 2.45) is 0 Å². The van der Waals surface area contributed by atoms with Gasteiger partial charge in [-0.15, -0.1) is 0 Å². The van der Waals surface area contributed by atoms with E-state index in [0.29, 0.717) is 22.7 Å². The third-order valence-corrected chi connectivity index (χ3v) is 4.92. The van der Waals surface area contributed by atoms with E-state index in [1.807, 2.05) is 0 Å². The Labute approximate surface area is 166 Å². The Morgan fingerprint density at radius 1 is 1.31 bits per heavy atom. The molecule has 3 N–H and O–H groups in total. The second-order valence-corrected chi connectivity index (χ2v) is 6.83. The monoisotopic (exact) mass is 401 g/mol. The van der Waals surface area contributed by atoms with Crippen molar-refractivity contribution in [3.63, 3.8) is 0 Å². The summed E-state index contributed by atoms with van der Waals surface area (Å²) in [7, 11) is 1.53. The molecule has 0 spiro atoms. The fourth-order valence-corrected chi connectivity index (χ4v) is 3.51. The molecule has 2 heterocycles. The van der Waals surface area contributed by atoms with Crippen LogP contribution in [0.2, 0.25) is 0 Å². The number of hydrogen-bond acceptors (Lipinski definition) is 6. The molecule has 9 heteroatoms. The molecule has 0 saturated heterocycles. The van der Waals surface area contributed by atoms with E-state index in [1.54, 1.807) is 23.1 Å². The van der Waals surface area contributed by atoms with E-state index in [-0.39, 0.29) is 37.2 Å². The predicted molar refractivity (Wildman–Crippen MR) is 102 cm³/mol. The lowest BCUT2D eigenvalue weighted by molar-refractivity contribution is -0.121. The number of fused-ring (bicyclic) bond motifs is 2. The quantitative estimate of drug-likeness (QED) is 0.719. The molecule has 8 nitrogen and oxygen atoms in total.